The van der Waals surface area contributed by atoms with Gasteiger partial charge in [-0.15, -0.1) is 15.3 Å². The highest BCUT2D eigenvalue weighted by molar-refractivity contribution is 7.89. The minimum Gasteiger partial charge on any atom is -0.352 e. The van der Waals surface area contributed by atoms with Crippen LogP contribution in [-0.2, 0) is 17.1 Å². The van der Waals surface area contributed by atoms with E-state index in [0.717, 1.165) is 11.4 Å². The number of imidazole rings is 1. The van der Waals surface area contributed by atoms with Gasteiger partial charge in [-0.25, -0.2) is 13.4 Å². The summed E-state index contributed by atoms with van der Waals surface area (Å²) in [5.74, 6) is 1.33. The number of sulfonamides is 1. The van der Waals surface area contributed by atoms with E-state index in [1.165, 1.54) is 16.8 Å². The molecule has 0 N–H and O–H groups in total. The van der Waals surface area contributed by atoms with Gasteiger partial charge in [0.15, 0.2) is 16.5 Å². The van der Waals surface area contributed by atoms with Crippen LogP contribution in [0, 0.1) is 0 Å². The van der Waals surface area contributed by atoms with Gasteiger partial charge >= 0.3 is 0 Å². The van der Waals surface area contributed by atoms with Crippen LogP contribution < -0.4 is 4.90 Å². The summed E-state index contributed by atoms with van der Waals surface area (Å²) >= 11 is 0. The van der Waals surface area contributed by atoms with E-state index in [0.29, 0.717) is 24.6 Å². The Morgan fingerprint density at radius 1 is 1.17 bits per heavy atom. The van der Waals surface area contributed by atoms with Crippen LogP contribution in [0.15, 0.2) is 54.2 Å². The zero-order valence-corrected chi connectivity index (χ0v) is 17.2. The van der Waals surface area contributed by atoms with Crippen molar-refractivity contribution < 1.29 is 8.42 Å². The Morgan fingerprint density at radius 3 is 2.70 bits per heavy atom. The molecule has 1 aliphatic rings. The van der Waals surface area contributed by atoms with Gasteiger partial charge in [-0.05, 0) is 24.3 Å². The van der Waals surface area contributed by atoms with E-state index in [2.05, 4.69) is 25.3 Å². The zero-order chi connectivity index (χ0) is 20.9. The number of aromatic nitrogens is 7. The number of aryl methyl sites for hydroxylation is 1. The van der Waals surface area contributed by atoms with Crippen molar-refractivity contribution in [3.8, 4) is 11.4 Å². The number of anilines is 1. The second-order valence-corrected chi connectivity index (χ2v) is 9.13. The lowest BCUT2D eigenvalue weighted by molar-refractivity contribution is 0.308. The maximum Gasteiger partial charge on any atom is 0.262 e. The smallest absolute Gasteiger partial charge is 0.262 e. The lowest BCUT2D eigenvalue weighted by Gasteiger charge is -2.43. The molecule has 0 saturated carbocycles. The fraction of sp³-hybridized carbons (Fsp3) is 0.278. The van der Waals surface area contributed by atoms with Crippen molar-refractivity contribution in [2.45, 2.75) is 11.1 Å². The molecule has 1 aliphatic heterocycles. The molecule has 0 radical (unpaired) electrons. The minimum absolute atomic E-state index is 0.0519. The number of rotatable bonds is 5. The Labute approximate surface area is 172 Å². The van der Waals surface area contributed by atoms with Crippen molar-refractivity contribution in [1.82, 2.24) is 38.7 Å². The summed E-state index contributed by atoms with van der Waals surface area (Å²) in [6.45, 7) is 1.07. The standard InChI is InChI=1S/C18H19N9O2S/c1-24-11-17(20-12-24)30(28,29)25(2)14-9-26(10-14)16-6-5-15-21-22-18(27(15)23-16)13-4-3-7-19-8-13/h3-8,11-12,14H,9-10H2,1-2H3. The summed E-state index contributed by atoms with van der Waals surface area (Å²) < 4.78 is 30.2. The molecule has 1 saturated heterocycles. The third-order valence-electron chi connectivity index (χ3n) is 5.19. The first kappa shape index (κ1) is 18.6. The summed E-state index contributed by atoms with van der Waals surface area (Å²) in [5.41, 5.74) is 1.45. The fourth-order valence-electron chi connectivity index (χ4n) is 3.36. The molecule has 12 heteroatoms. The van der Waals surface area contributed by atoms with Crippen LogP contribution in [0.3, 0.4) is 0 Å². The first-order chi connectivity index (χ1) is 14.4. The molecule has 0 bridgehead atoms. The van der Waals surface area contributed by atoms with Gasteiger partial charge in [-0.2, -0.15) is 8.82 Å². The third kappa shape index (κ3) is 3.00. The third-order valence-corrected chi connectivity index (χ3v) is 6.99. The van der Waals surface area contributed by atoms with Crippen LogP contribution in [0.2, 0.25) is 0 Å². The second kappa shape index (κ2) is 6.85. The molecule has 154 valence electrons. The summed E-state index contributed by atoms with van der Waals surface area (Å²) in [6, 6.07) is 7.28. The molecule has 0 spiro atoms. The molecule has 0 atom stereocenters. The molecule has 11 nitrogen and oxygen atoms in total. The van der Waals surface area contributed by atoms with E-state index in [1.54, 1.807) is 35.6 Å². The van der Waals surface area contributed by atoms with E-state index in [-0.39, 0.29) is 11.1 Å². The van der Waals surface area contributed by atoms with Crippen LogP contribution in [-0.4, -0.2) is 73.2 Å². The summed E-state index contributed by atoms with van der Waals surface area (Å²) in [7, 11) is -0.304. The number of hydrogen-bond acceptors (Lipinski definition) is 8. The first-order valence-corrected chi connectivity index (χ1v) is 10.7. The molecule has 0 aromatic carbocycles. The van der Waals surface area contributed by atoms with Crippen molar-refractivity contribution >= 4 is 21.5 Å². The van der Waals surface area contributed by atoms with E-state index in [1.807, 2.05) is 29.2 Å². The van der Waals surface area contributed by atoms with Gasteiger partial charge in [-0.1, -0.05) is 0 Å². The van der Waals surface area contributed by atoms with Gasteiger partial charge in [0.1, 0.15) is 5.82 Å². The highest BCUT2D eigenvalue weighted by Crippen LogP contribution is 2.26. The quantitative estimate of drug-likeness (QED) is 0.452. The monoisotopic (exact) mass is 425 g/mol. The number of pyridine rings is 1. The van der Waals surface area contributed by atoms with Crippen LogP contribution in [0.4, 0.5) is 5.82 Å². The molecule has 5 heterocycles. The highest BCUT2D eigenvalue weighted by atomic mass is 32.2. The van der Waals surface area contributed by atoms with Crippen LogP contribution in [0.25, 0.3) is 17.0 Å². The van der Waals surface area contributed by atoms with Crippen molar-refractivity contribution in [3.63, 3.8) is 0 Å². The molecule has 0 amide bonds. The Hall–Kier alpha value is -3.38. The summed E-state index contributed by atoms with van der Waals surface area (Å²) in [5, 5.41) is 13.1. The molecule has 0 unspecified atom stereocenters. The summed E-state index contributed by atoms with van der Waals surface area (Å²) in [4.78, 5) is 10.1. The minimum atomic E-state index is -3.63. The molecule has 1 fully saturated rings. The normalized spacial score (nSPS) is 15.1. The van der Waals surface area contributed by atoms with Gasteiger partial charge in [-0.3, -0.25) is 4.98 Å². The highest BCUT2D eigenvalue weighted by Gasteiger charge is 2.38. The predicted molar refractivity (Wildman–Crippen MR) is 108 cm³/mol. The van der Waals surface area contributed by atoms with E-state index in [4.69, 9.17) is 0 Å². The Balaban J connectivity index is 1.36. The van der Waals surface area contributed by atoms with Crippen molar-refractivity contribution in [1.29, 1.82) is 0 Å². The van der Waals surface area contributed by atoms with Gasteiger partial charge in [0.2, 0.25) is 0 Å². The van der Waals surface area contributed by atoms with Gasteiger partial charge < -0.3 is 9.47 Å². The average Bonchev–Trinajstić information content (AvgIpc) is 3.34. The molecule has 4 aromatic rings. The van der Waals surface area contributed by atoms with Crippen molar-refractivity contribution in [2.24, 2.45) is 7.05 Å². The number of fused-ring (bicyclic) bond motifs is 1. The Kier molecular flexibility index (Phi) is 4.25. The average molecular weight is 425 g/mol. The molecule has 5 rings (SSSR count). The molecule has 30 heavy (non-hydrogen) atoms. The zero-order valence-electron chi connectivity index (χ0n) is 16.4. The fourth-order valence-corrected chi connectivity index (χ4v) is 4.66. The van der Waals surface area contributed by atoms with Crippen LogP contribution >= 0.6 is 0 Å². The van der Waals surface area contributed by atoms with Crippen molar-refractivity contribution in [2.75, 3.05) is 25.0 Å². The Morgan fingerprint density at radius 2 is 2.00 bits per heavy atom. The number of nitrogens with zero attached hydrogens (tertiary/aromatic N) is 9. The van der Waals surface area contributed by atoms with Gasteiger partial charge in [0.25, 0.3) is 10.0 Å². The van der Waals surface area contributed by atoms with E-state index >= 15 is 0 Å². The van der Waals surface area contributed by atoms with Gasteiger partial charge in [0, 0.05) is 51.3 Å². The first-order valence-electron chi connectivity index (χ1n) is 9.27. The maximum atomic E-state index is 12.8. The van der Waals surface area contributed by atoms with Gasteiger partial charge in [0.05, 0.1) is 12.4 Å². The molecular formula is C18H19N9O2S. The number of hydrogen-bond donors (Lipinski definition) is 0. The lowest BCUT2D eigenvalue weighted by atomic mass is 10.1. The predicted octanol–water partition coefficient (Wildman–Crippen LogP) is 0.429. The Bertz CT molecular complexity index is 1310. The molecule has 0 aliphatic carbocycles. The van der Waals surface area contributed by atoms with Crippen molar-refractivity contribution in [3.05, 3.63) is 49.2 Å². The SMILES string of the molecule is CN(C1CN(c2ccc3nnc(-c4cccnc4)n3n2)C1)S(=O)(=O)c1cn(C)cn1. The molecular weight excluding hydrogens is 406 g/mol. The second-order valence-electron chi connectivity index (χ2n) is 7.18. The lowest BCUT2D eigenvalue weighted by Crippen LogP contribution is -2.60. The van der Waals surface area contributed by atoms with E-state index in [9.17, 15) is 8.42 Å². The van der Waals surface area contributed by atoms with E-state index < -0.39 is 10.0 Å². The van der Waals surface area contributed by atoms with Crippen LogP contribution in [0.5, 0.6) is 0 Å². The van der Waals surface area contributed by atoms with Crippen LogP contribution in [0.1, 0.15) is 0 Å². The summed E-state index contributed by atoms with van der Waals surface area (Å²) in [6.07, 6.45) is 6.39. The molecule has 4 aromatic heterocycles. The number of likely N-dealkylation sites (N-methyl/N-ethyl adjacent to an activating group) is 1. The topological polar surface area (TPSA) is 114 Å². The largest absolute Gasteiger partial charge is 0.352 e. The maximum absolute atomic E-state index is 12.8.